The summed E-state index contributed by atoms with van der Waals surface area (Å²) >= 11 is 7.13. The fourth-order valence-electron chi connectivity index (χ4n) is 1.54. The van der Waals surface area contributed by atoms with Crippen LogP contribution in [0.25, 0.3) is 0 Å². The van der Waals surface area contributed by atoms with E-state index in [0.717, 1.165) is 0 Å². The van der Waals surface area contributed by atoms with Crippen molar-refractivity contribution < 1.29 is 9.90 Å². The molecule has 0 radical (unpaired) electrons. The Bertz CT molecular complexity index is 391. The number of carbonyl (C=O) groups excluding carboxylic acids is 1. The summed E-state index contributed by atoms with van der Waals surface area (Å²) in [5.41, 5.74) is -0.955. The summed E-state index contributed by atoms with van der Waals surface area (Å²) in [5, 5.41) is 14.9. The first-order valence-corrected chi connectivity index (χ1v) is 6.46. The second-order valence-electron chi connectivity index (χ2n) is 4.52. The van der Waals surface area contributed by atoms with E-state index in [4.69, 9.17) is 11.6 Å². The lowest BCUT2D eigenvalue weighted by Crippen LogP contribution is -2.47. The van der Waals surface area contributed by atoms with Crippen LogP contribution in [-0.2, 0) is 0 Å². The molecule has 1 aromatic heterocycles. The maximum absolute atomic E-state index is 11.7. The van der Waals surface area contributed by atoms with Crippen LogP contribution in [0.5, 0.6) is 0 Å². The standard InChI is InChI=1S/C11H17ClN2O2S/c1-11(16,7-14(2)3)6-13-10(15)9-8(12)4-5-17-9/h4-5,16H,6-7H2,1-3H3,(H,13,15). The van der Waals surface area contributed by atoms with Crippen molar-refractivity contribution in [3.05, 3.63) is 21.3 Å². The van der Waals surface area contributed by atoms with E-state index in [1.807, 2.05) is 19.0 Å². The Hall–Kier alpha value is -0.620. The smallest absolute Gasteiger partial charge is 0.262 e. The minimum atomic E-state index is -0.955. The normalized spacial score (nSPS) is 14.7. The fourth-order valence-corrected chi connectivity index (χ4v) is 2.60. The molecule has 4 nitrogen and oxygen atoms in total. The second-order valence-corrected chi connectivity index (χ2v) is 5.84. The Balaban J connectivity index is 2.51. The summed E-state index contributed by atoms with van der Waals surface area (Å²) in [7, 11) is 3.73. The van der Waals surface area contributed by atoms with Crippen LogP contribution in [0.4, 0.5) is 0 Å². The Morgan fingerprint density at radius 2 is 2.29 bits per heavy atom. The Morgan fingerprint density at radius 3 is 2.76 bits per heavy atom. The van der Waals surface area contributed by atoms with E-state index in [0.29, 0.717) is 16.4 Å². The van der Waals surface area contributed by atoms with Gasteiger partial charge in [-0.2, -0.15) is 0 Å². The van der Waals surface area contributed by atoms with Gasteiger partial charge in [-0.3, -0.25) is 4.79 Å². The van der Waals surface area contributed by atoms with Crippen molar-refractivity contribution in [1.82, 2.24) is 10.2 Å². The minimum Gasteiger partial charge on any atom is -0.387 e. The van der Waals surface area contributed by atoms with Gasteiger partial charge >= 0.3 is 0 Å². The van der Waals surface area contributed by atoms with Gasteiger partial charge in [0.15, 0.2) is 0 Å². The van der Waals surface area contributed by atoms with Crippen LogP contribution < -0.4 is 5.32 Å². The van der Waals surface area contributed by atoms with Crippen LogP contribution in [0.1, 0.15) is 16.6 Å². The van der Waals surface area contributed by atoms with E-state index >= 15 is 0 Å². The number of hydrogen-bond acceptors (Lipinski definition) is 4. The van der Waals surface area contributed by atoms with Gasteiger partial charge in [0.2, 0.25) is 0 Å². The van der Waals surface area contributed by atoms with Gasteiger partial charge in [0.1, 0.15) is 4.88 Å². The molecule has 1 amide bonds. The molecule has 0 bridgehead atoms. The first-order valence-electron chi connectivity index (χ1n) is 5.20. The predicted molar refractivity (Wildman–Crippen MR) is 70.8 cm³/mol. The molecule has 0 saturated heterocycles. The van der Waals surface area contributed by atoms with Gasteiger partial charge in [0.05, 0.1) is 10.6 Å². The first-order chi connectivity index (χ1) is 7.82. The third-order valence-electron chi connectivity index (χ3n) is 2.11. The van der Waals surface area contributed by atoms with Crippen molar-refractivity contribution in [2.45, 2.75) is 12.5 Å². The molecule has 0 aliphatic rings. The molecule has 1 aromatic rings. The monoisotopic (exact) mass is 276 g/mol. The maximum Gasteiger partial charge on any atom is 0.262 e. The van der Waals surface area contributed by atoms with E-state index in [1.165, 1.54) is 11.3 Å². The van der Waals surface area contributed by atoms with Crippen LogP contribution >= 0.6 is 22.9 Å². The molecule has 0 saturated carbocycles. The summed E-state index contributed by atoms with van der Waals surface area (Å²) in [6.45, 7) is 2.35. The molecule has 1 rings (SSSR count). The van der Waals surface area contributed by atoms with Crippen molar-refractivity contribution in [2.24, 2.45) is 0 Å². The van der Waals surface area contributed by atoms with E-state index in [-0.39, 0.29) is 12.5 Å². The molecular formula is C11H17ClN2O2S. The number of halogens is 1. The van der Waals surface area contributed by atoms with Crippen molar-refractivity contribution in [3.8, 4) is 0 Å². The minimum absolute atomic E-state index is 0.193. The molecule has 1 unspecified atom stereocenters. The van der Waals surface area contributed by atoms with Gasteiger partial charge < -0.3 is 15.3 Å². The van der Waals surface area contributed by atoms with E-state index in [9.17, 15) is 9.90 Å². The lowest BCUT2D eigenvalue weighted by Gasteiger charge is -2.26. The number of nitrogens with zero attached hydrogens (tertiary/aromatic N) is 1. The molecular weight excluding hydrogens is 260 g/mol. The summed E-state index contributed by atoms with van der Waals surface area (Å²) in [6, 6.07) is 1.68. The van der Waals surface area contributed by atoms with Crippen LogP contribution in [0, 0.1) is 0 Å². The summed E-state index contributed by atoms with van der Waals surface area (Å²) in [4.78, 5) is 14.1. The third kappa shape index (κ3) is 4.63. The molecule has 0 aliphatic heterocycles. The van der Waals surface area contributed by atoms with Crippen molar-refractivity contribution in [1.29, 1.82) is 0 Å². The zero-order valence-corrected chi connectivity index (χ0v) is 11.7. The van der Waals surface area contributed by atoms with Gasteiger partial charge in [0, 0.05) is 13.1 Å². The van der Waals surface area contributed by atoms with Gasteiger partial charge in [-0.25, -0.2) is 0 Å². The fraction of sp³-hybridized carbons (Fsp3) is 0.545. The number of likely N-dealkylation sites (N-methyl/N-ethyl adjacent to an activating group) is 1. The molecule has 0 aromatic carbocycles. The number of carbonyl (C=O) groups is 1. The zero-order valence-electron chi connectivity index (χ0n) is 10.2. The molecule has 17 heavy (non-hydrogen) atoms. The lowest BCUT2D eigenvalue weighted by atomic mass is 10.1. The number of thiophene rings is 1. The third-order valence-corrected chi connectivity index (χ3v) is 3.45. The van der Waals surface area contributed by atoms with Crippen LogP contribution in [0.3, 0.4) is 0 Å². The highest BCUT2D eigenvalue weighted by molar-refractivity contribution is 7.12. The van der Waals surface area contributed by atoms with Crippen molar-refractivity contribution >= 4 is 28.8 Å². The van der Waals surface area contributed by atoms with E-state index in [1.54, 1.807) is 18.4 Å². The largest absolute Gasteiger partial charge is 0.387 e. The Kier molecular flexibility index (Phi) is 4.94. The molecule has 2 N–H and O–H groups in total. The Labute approximate surface area is 110 Å². The summed E-state index contributed by atoms with van der Waals surface area (Å²) in [6.07, 6.45) is 0. The SMILES string of the molecule is CN(C)CC(C)(O)CNC(=O)c1sccc1Cl. The topological polar surface area (TPSA) is 52.6 Å². The lowest BCUT2D eigenvalue weighted by molar-refractivity contribution is 0.0326. The molecule has 6 heteroatoms. The van der Waals surface area contributed by atoms with Crippen LogP contribution in [0.15, 0.2) is 11.4 Å². The first kappa shape index (κ1) is 14.4. The van der Waals surface area contributed by atoms with Gasteiger partial charge in [-0.05, 0) is 32.5 Å². The highest BCUT2D eigenvalue weighted by Gasteiger charge is 2.23. The van der Waals surface area contributed by atoms with Gasteiger partial charge in [-0.15, -0.1) is 11.3 Å². The molecule has 0 aliphatic carbocycles. The molecule has 96 valence electrons. The van der Waals surface area contributed by atoms with Crippen LogP contribution in [-0.4, -0.2) is 48.7 Å². The average molecular weight is 277 g/mol. The second kappa shape index (κ2) is 5.82. The van der Waals surface area contributed by atoms with Gasteiger partial charge in [-0.1, -0.05) is 11.6 Å². The van der Waals surface area contributed by atoms with E-state index in [2.05, 4.69) is 5.32 Å². The predicted octanol–water partition coefficient (Wildman–Crippen LogP) is 1.44. The number of nitrogens with one attached hydrogen (secondary N) is 1. The molecule has 1 atom stereocenters. The average Bonchev–Trinajstić information content (AvgIpc) is 2.59. The highest BCUT2D eigenvalue weighted by Crippen LogP contribution is 2.21. The van der Waals surface area contributed by atoms with E-state index < -0.39 is 5.60 Å². The number of amides is 1. The molecule has 0 fully saturated rings. The van der Waals surface area contributed by atoms with Crippen LogP contribution in [0.2, 0.25) is 5.02 Å². The number of aliphatic hydroxyl groups is 1. The Morgan fingerprint density at radius 1 is 1.65 bits per heavy atom. The van der Waals surface area contributed by atoms with Crippen molar-refractivity contribution in [2.75, 3.05) is 27.2 Å². The highest BCUT2D eigenvalue weighted by atomic mass is 35.5. The quantitative estimate of drug-likeness (QED) is 0.856. The maximum atomic E-state index is 11.7. The van der Waals surface area contributed by atoms with Crippen molar-refractivity contribution in [3.63, 3.8) is 0 Å². The molecule has 1 heterocycles. The number of rotatable bonds is 5. The summed E-state index contributed by atoms with van der Waals surface area (Å²) in [5.74, 6) is -0.246. The summed E-state index contributed by atoms with van der Waals surface area (Å²) < 4.78 is 0. The zero-order chi connectivity index (χ0) is 13.1. The number of hydrogen-bond donors (Lipinski definition) is 2. The molecule has 0 spiro atoms. The van der Waals surface area contributed by atoms with Gasteiger partial charge in [0.25, 0.3) is 5.91 Å².